The predicted octanol–water partition coefficient (Wildman–Crippen LogP) is 0.941. The van der Waals surface area contributed by atoms with E-state index >= 15 is 0 Å². The Morgan fingerprint density at radius 3 is 2.67 bits per heavy atom. The van der Waals surface area contributed by atoms with Crippen molar-refractivity contribution in [1.29, 1.82) is 0 Å². The molecule has 0 aliphatic heterocycles. The van der Waals surface area contributed by atoms with Crippen LogP contribution in [0.25, 0.3) is 0 Å². The Bertz CT molecular complexity index is 309. The minimum atomic E-state index is -0.313. The summed E-state index contributed by atoms with van der Waals surface area (Å²) in [5.41, 5.74) is 0.826. The molecule has 1 heterocycles. The zero-order chi connectivity index (χ0) is 11.5. The highest BCUT2D eigenvalue weighted by Crippen LogP contribution is 2.08. The fourth-order valence-corrected chi connectivity index (χ4v) is 1.75. The van der Waals surface area contributed by atoms with Crippen molar-refractivity contribution in [3.8, 4) is 0 Å². The van der Waals surface area contributed by atoms with Gasteiger partial charge >= 0.3 is 0 Å². The third kappa shape index (κ3) is 3.64. The summed E-state index contributed by atoms with van der Waals surface area (Å²) in [7, 11) is 0. The van der Waals surface area contributed by atoms with Crippen LogP contribution in [0.2, 0.25) is 0 Å². The fourth-order valence-electron chi connectivity index (χ4n) is 1.75. The van der Waals surface area contributed by atoms with Crippen molar-refractivity contribution in [3.63, 3.8) is 0 Å². The third-order valence-electron chi connectivity index (χ3n) is 2.26. The van der Waals surface area contributed by atoms with Crippen LogP contribution in [0.1, 0.15) is 26.3 Å². The van der Waals surface area contributed by atoms with Crippen molar-refractivity contribution < 1.29 is 5.11 Å². The molecule has 1 aromatic rings. The Kier molecular flexibility index (Phi) is 3.88. The second kappa shape index (κ2) is 4.77. The minimum absolute atomic E-state index is 0.101. The van der Waals surface area contributed by atoms with E-state index < -0.39 is 0 Å². The summed E-state index contributed by atoms with van der Waals surface area (Å²) >= 11 is 0. The van der Waals surface area contributed by atoms with Crippen LogP contribution < -0.4 is 5.32 Å². The van der Waals surface area contributed by atoms with E-state index in [0.717, 1.165) is 5.56 Å². The molecule has 0 aromatic carbocycles. The Morgan fingerprint density at radius 2 is 2.27 bits per heavy atom. The standard InChI is InChI=1S/C11H21N3O/c1-9(2)13-11(4,8-15)7-14-6-10(3)5-12-14/h5-6,9,13,15H,7-8H2,1-4H3. The van der Waals surface area contributed by atoms with E-state index in [1.54, 1.807) is 0 Å². The number of rotatable bonds is 5. The van der Waals surface area contributed by atoms with Crippen molar-refractivity contribution >= 4 is 0 Å². The van der Waals surface area contributed by atoms with Crippen LogP contribution in [0.5, 0.6) is 0 Å². The van der Waals surface area contributed by atoms with Crippen molar-refractivity contribution in [1.82, 2.24) is 15.1 Å². The van der Waals surface area contributed by atoms with Crippen LogP contribution in [-0.4, -0.2) is 33.1 Å². The first kappa shape index (κ1) is 12.2. The van der Waals surface area contributed by atoms with Crippen molar-refractivity contribution in [2.24, 2.45) is 0 Å². The Morgan fingerprint density at radius 1 is 1.60 bits per heavy atom. The molecule has 86 valence electrons. The number of aliphatic hydroxyl groups excluding tert-OH is 1. The molecule has 0 aliphatic carbocycles. The molecule has 0 fully saturated rings. The predicted molar refractivity (Wildman–Crippen MR) is 60.7 cm³/mol. The average Bonchev–Trinajstić information content (AvgIpc) is 2.49. The molecular weight excluding hydrogens is 190 g/mol. The van der Waals surface area contributed by atoms with E-state index in [4.69, 9.17) is 0 Å². The number of aryl methyl sites for hydroxylation is 1. The van der Waals surface area contributed by atoms with Crippen LogP contribution in [0.3, 0.4) is 0 Å². The summed E-state index contributed by atoms with van der Waals surface area (Å²) < 4.78 is 1.86. The molecule has 1 unspecified atom stereocenters. The summed E-state index contributed by atoms with van der Waals surface area (Å²) in [4.78, 5) is 0. The molecular formula is C11H21N3O. The molecule has 0 saturated carbocycles. The van der Waals surface area contributed by atoms with E-state index in [-0.39, 0.29) is 12.1 Å². The maximum absolute atomic E-state index is 9.40. The largest absolute Gasteiger partial charge is 0.394 e. The van der Waals surface area contributed by atoms with E-state index in [9.17, 15) is 5.11 Å². The van der Waals surface area contributed by atoms with Gasteiger partial charge < -0.3 is 10.4 Å². The number of hydrogen-bond donors (Lipinski definition) is 2. The van der Waals surface area contributed by atoms with Gasteiger partial charge in [-0.3, -0.25) is 4.68 Å². The van der Waals surface area contributed by atoms with E-state index in [2.05, 4.69) is 24.3 Å². The van der Waals surface area contributed by atoms with E-state index in [1.165, 1.54) is 0 Å². The molecule has 4 nitrogen and oxygen atoms in total. The van der Waals surface area contributed by atoms with Gasteiger partial charge in [0.05, 0.1) is 24.9 Å². The lowest BCUT2D eigenvalue weighted by Crippen LogP contribution is -2.52. The molecule has 0 bridgehead atoms. The average molecular weight is 211 g/mol. The molecule has 4 heteroatoms. The first-order chi connectivity index (χ1) is 6.95. The molecule has 0 spiro atoms. The number of nitrogens with zero attached hydrogens (tertiary/aromatic N) is 2. The molecule has 0 saturated heterocycles. The first-order valence-corrected chi connectivity index (χ1v) is 5.33. The van der Waals surface area contributed by atoms with Gasteiger partial charge in [-0.1, -0.05) is 13.8 Å². The van der Waals surface area contributed by atoms with E-state index in [0.29, 0.717) is 12.6 Å². The number of aliphatic hydroxyl groups is 1. The molecule has 0 amide bonds. The smallest absolute Gasteiger partial charge is 0.0628 e. The van der Waals surface area contributed by atoms with Crippen LogP contribution in [-0.2, 0) is 6.54 Å². The lowest BCUT2D eigenvalue weighted by Gasteiger charge is -2.31. The summed E-state index contributed by atoms with van der Waals surface area (Å²) in [5, 5.41) is 17.0. The van der Waals surface area contributed by atoms with Gasteiger partial charge in [0.15, 0.2) is 0 Å². The summed E-state index contributed by atoms with van der Waals surface area (Å²) in [5.74, 6) is 0. The van der Waals surface area contributed by atoms with Gasteiger partial charge in [-0.25, -0.2) is 0 Å². The van der Waals surface area contributed by atoms with Gasteiger partial charge in [-0.05, 0) is 19.4 Å². The molecule has 1 rings (SSSR count). The number of nitrogens with one attached hydrogen (secondary N) is 1. The van der Waals surface area contributed by atoms with Crippen LogP contribution in [0.4, 0.5) is 0 Å². The lowest BCUT2D eigenvalue weighted by molar-refractivity contribution is 0.144. The van der Waals surface area contributed by atoms with Crippen molar-refractivity contribution in [3.05, 3.63) is 18.0 Å². The van der Waals surface area contributed by atoms with Gasteiger partial charge in [0.25, 0.3) is 0 Å². The second-order valence-electron chi connectivity index (χ2n) is 4.73. The molecule has 0 aliphatic rings. The lowest BCUT2D eigenvalue weighted by atomic mass is 10.0. The first-order valence-electron chi connectivity index (χ1n) is 5.33. The highest BCUT2D eigenvalue weighted by Gasteiger charge is 2.24. The summed E-state index contributed by atoms with van der Waals surface area (Å²) in [6.07, 6.45) is 3.81. The van der Waals surface area contributed by atoms with Gasteiger partial charge in [0, 0.05) is 12.2 Å². The van der Waals surface area contributed by atoms with Gasteiger partial charge in [-0.2, -0.15) is 5.10 Å². The molecule has 1 atom stereocenters. The topological polar surface area (TPSA) is 50.1 Å². The zero-order valence-corrected chi connectivity index (χ0v) is 9.99. The SMILES string of the molecule is Cc1cnn(CC(C)(CO)NC(C)C)c1. The monoisotopic (exact) mass is 211 g/mol. The summed E-state index contributed by atoms with van der Waals surface area (Å²) in [6, 6.07) is 0.346. The highest BCUT2D eigenvalue weighted by atomic mass is 16.3. The molecule has 1 aromatic heterocycles. The normalized spacial score (nSPS) is 15.6. The zero-order valence-electron chi connectivity index (χ0n) is 9.99. The molecule has 2 N–H and O–H groups in total. The Hall–Kier alpha value is -0.870. The Labute approximate surface area is 91.3 Å². The number of aromatic nitrogens is 2. The van der Waals surface area contributed by atoms with Gasteiger partial charge in [-0.15, -0.1) is 0 Å². The maximum atomic E-state index is 9.40. The van der Waals surface area contributed by atoms with E-state index in [1.807, 2.05) is 30.9 Å². The second-order valence-corrected chi connectivity index (χ2v) is 4.73. The number of hydrogen-bond acceptors (Lipinski definition) is 3. The van der Waals surface area contributed by atoms with Crippen molar-refractivity contribution in [2.75, 3.05) is 6.61 Å². The van der Waals surface area contributed by atoms with Gasteiger partial charge in [0.1, 0.15) is 0 Å². The van der Waals surface area contributed by atoms with Crippen LogP contribution in [0.15, 0.2) is 12.4 Å². The third-order valence-corrected chi connectivity index (χ3v) is 2.26. The summed E-state index contributed by atoms with van der Waals surface area (Å²) in [6.45, 7) is 8.93. The maximum Gasteiger partial charge on any atom is 0.0628 e. The fraction of sp³-hybridized carbons (Fsp3) is 0.727. The van der Waals surface area contributed by atoms with Crippen LogP contribution >= 0.6 is 0 Å². The molecule has 15 heavy (non-hydrogen) atoms. The quantitative estimate of drug-likeness (QED) is 0.762. The van der Waals surface area contributed by atoms with Gasteiger partial charge in [0.2, 0.25) is 0 Å². The minimum Gasteiger partial charge on any atom is -0.394 e. The molecule has 0 radical (unpaired) electrons. The highest BCUT2D eigenvalue weighted by molar-refractivity contribution is 5.00. The van der Waals surface area contributed by atoms with Crippen molar-refractivity contribution in [2.45, 2.75) is 45.8 Å². The van der Waals surface area contributed by atoms with Crippen LogP contribution in [0, 0.1) is 6.92 Å². The Balaban J connectivity index is 2.67.